The van der Waals surface area contributed by atoms with Crippen LogP contribution in [0.4, 0.5) is 0 Å². The fraction of sp³-hybridized carbons (Fsp3) is 0.615. The molecule has 0 spiro atoms. The summed E-state index contributed by atoms with van der Waals surface area (Å²) in [6.45, 7) is 7.34. The zero-order chi connectivity index (χ0) is 15.3. The lowest BCUT2D eigenvalue weighted by molar-refractivity contribution is 0.0152. The van der Waals surface area contributed by atoms with Crippen LogP contribution in [0.15, 0.2) is 5.03 Å². The van der Waals surface area contributed by atoms with E-state index in [4.69, 9.17) is 4.74 Å². The number of ether oxygens (including phenoxy) is 1. The standard InChI is InChI=1S/C13H20N2O4S/c1-7(2)19-5-10(16)6-20-12-11(13(17)18)8(3)14-9(4)15-12/h7,10,16H,5-6H2,1-4H3,(H,17,18). The minimum absolute atomic E-state index is 0.0489. The number of nitrogens with zero attached hydrogens (tertiary/aromatic N) is 2. The van der Waals surface area contributed by atoms with Crippen LogP contribution in [0.3, 0.4) is 0 Å². The Bertz CT molecular complexity index is 480. The summed E-state index contributed by atoms with van der Waals surface area (Å²) in [7, 11) is 0. The number of aromatic carboxylic acids is 1. The molecule has 1 rings (SSSR count). The monoisotopic (exact) mass is 300 g/mol. The number of hydrogen-bond donors (Lipinski definition) is 2. The highest BCUT2D eigenvalue weighted by atomic mass is 32.2. The number of carbonyl (C=O) groups is 1. The molecule has 0 saturated carbocycles. The van der Waals surface area contributed by atoms with E-state index in [1.165, 1.54) is 11.8 Å². The summed E-state index contributed by atoms with van der Waals surface area (Å²) in [5.74, 6) is -0.219. The molecule has 1 aromatic rings. The maximum atomic E-state index is 11.2. The van der Waals surface area contributed by atoms with Gasteiger partial charge in [0.25, 0.3) is 0 Å². The first kappa shape index (κ1) is 16.9. The molecule has 1 aromatic heterocycles. The molecule has 1 heterocycles. The van der Waals surface area contributed by atoms with E-state index in [0.29, 0.717) is 22.3 Å². The number of thioether (sulfide) groups is 1. The largest absolute Gasteiger partial charge is 0.478 e. The molecule has 0 amide bonds. The van der Waals surface area contributed by atoms with Crippen LogP contribution in [0.2, 0.25) is 0 Å². The maximum absolute atomic E-state index is 11.2. The number of carboxylic acid groups (broad SMARTS) is 1. The van der Waals surface area contributed by atoms with E-state index in [-0.39, 0.29) is 18.3 Å². The van der Waals surface area contributed by atoms with Gasteiger partial charge in [-0.25, -0.2) is 14.8 Å². The molecule has 1 atom stereocenters. The van der Waals surface area contributed by atoms with Crippen LogP contribution in [0, 0.1) is 13.8 Å². The van der Waals surface area contributed by atoms with Crippen LogP contribution in [-0.2, 0) is 4.74 Å². The molecule has 0 bridgehead atoms. The van der Waals surface area contributed by atoms with Gasteiger partial charge in [-0.15, -0.1) is 11.8 Å². The predicted octanol–water partition coefficient (Wildman–Crippen LogP) is 1.67. The molecule has 20 heavy (non-hydrogen) atoms. The summed E-state index contributed by atoms with van der Waals surface area (Å²) in [5, 5.41) is 19.4. The summed E-state index contributed by atoms with van der Waals surface area (Å²) in [4.78, 5) is 19.4. The quantitative estimate of drug-likeness (QED) is 0.584. The minimum Gasteiger partial charge on any atom is -0.478 e. The molecule has 6 nitrogen and oxygen atoms in total. The van der Waals surface area contributed by atoms with Crippen molar-refractivity contribution in [3.8, 4) is 0 Å². The average Bonchev–Trinajstić information content (AvgIpc) is 2.32. The van der Waals surface area contributed by atoms with Crippen molar-refractivity contribution < 1.29 is 19.7 Å². The van der Waals surface area contributed by atoms with E-state index >= 15 is 0 Å². The SMILES string of the molecule is Cc1nc(C)c(C(=O)O)c(SCC(O)COC(C)C)n1. The Balaban J connectivity index is 2.74. The van der Waals surface area contributed by atoms with Gasteiger partial charge >= 0.3 is 5.97 Å². The Labute approximate surface area is 122 Å². The van der Waals surface area contributed by atoms with Gasteiger partial charge in [-0.3, -0.25) is 0 Å². The molecule has 2 N–H and O–H groups in total. The minimum atomic E-state index is -1.06. The first-order valence-corrected chi connectivity index (χ1v) is 7.30. The highest BCUT2D eigenvalue weighted by molar-refractivity contribution is 7.99. The van der Waals surface area contributed by atoms with E-state index < -0.39 is 12.1 Å². The average molecular weight is 300 g/mol. The van der Waals surface area contributed by atoms with Crippen LogP contribution in [0.25, 0.3) is 0 Å². The summed E-state index contributed by atoms with van der Waals surface area (Å²) in [6.07, 6.45) is -0.618. The highest BCUT2D eigenvalue weighted by Gasteiger charge is 2.18. The lowest BCUT2D eigenvalue weighted by Gasteiger charge is -2.14. The normalized spacial score (nSPS) is 12.7. The highest BCUT2D eigenvalue weighted by Crippen LogP contribution is 2.23. The number of hydrogen-bond acceptors (Lipinski definition) is 6. The maximum Gasteiger partial charge on any atom is 0.340 e. The smallest absolute Gasteiger partial charge is 0.340 e. The molecular weight excluding hydrogens is 280 g/mol. The van der Waals surface area contributed by atoms with Gasteiger partial charge in [-0.1, -0.05) is 0 Å². The molecule has 0 radical (unpaired) electrons. The molecule has 0 saturated heterocycles. The van der Waals surface area contributed by atoms with Gasteiger partial charge in [-0.05, 0) is 27.7 Å². The summed E-state index contributed by atoms with van der Waals surface area (Å²) >= 11 is 1.20. The van der Waals surface area contributed by atoms with Crippen LogP contribution in [0.1, 0.15) is 35.7 Å². The molecule has 0 aliphatic heterocycles. The van der Waals surface area contributed by atoms with E-state index in [1.54, 1.807) is 13.8 Å². The number of rotatable bonds is 7. The number of carboxylic acids is 1. The molecular formula is C13H20N2O4S. The summed E-state index contributed by atoms with van der Waals surface area (Å²) in [5.41, 5.74) is 0.526. The van der Waals surface area contributed by atoms with Crippen molar-refractivity contribution in [2.45, 2.75) is 44.9 Å². The molecule has 112 valence electrons. The van der Waals surface area contributed by atoms with Crippen molar-refractivity contribution in [1.82, 2.24) is 9.97 Å². The first-order chi connectivity index (χ1) is 9.31. The van der Waals surface area contributed by atoms with E-state index in [9.17, 15) is 15.0 Å². The van der Waals surface area contributed by atoms with Crippen molar-refractivity contribution in [3.05, 3.63) is 17.1 Å². The third-order valence-corrected chi connectivity index (χ3v) is 3.54. The van der Waals surface area contributed by atoms with Gasteiger partial charge in [0.1, 0.15) is 16.4 Å². The van der Waals surface area contributed by atoms with Crippen molar-refractivity contribution in [2.24, 2.45) is 0 Å². The van der Waals surface area contributed by atoms with E-state index in [1.807, 2.05) is 13.8 Å². The lowest BCUT2D eigenvalue weighted by Crippen LogP contribution is -2.21. The Kier molecular flexibility index (Phi) is 6.38. The molecule has 0 aliphatic rings. The topological polar surface area (TPSA) is 92.5 Å². The zero-order valence-corrected chi connectivity index (χ0v) is 12.9. The van der Waals surface area contributed by atoms with Crippen LogP contribution >= 0.6 is 11.8 Å². The summed E-state index contributed by atoms with van der Waals surface area (Å²) < 4.78 is 5.30. The number of aryl methyl sites for hydroxylation is 2. The molecule has 7 heteroatoms. The second kappa shape index (κ2) is 7.56. The zero-order valence-electron chi connectivity index (χ0n) is 12.1. The number of aromatic nitrogens is 2. The van der Waals surface area contributed by atoms with Gasteiger partial charge in [0.2, 0.25) is 0 Å². The van der Waals surface area contributed by atoms with Gasteiger partial charge in [0, 0.05) is 5.75 Å². The molecule has 0 aromatic carbocycles. The Morgan fingerprint density at radius 2 is 2.00 bits per heavy atom. The predicted molar refractivity (Wildman–Crippen MR) is 76.3 cm³/mol. The number of aliphatic hydroxyl groups excluding tert-OH is 1. The fourth-order valence-electron chi connectivity index (χ4n) is 1.56. The van der Waals surface area contributed by atoms with Crippen LogP contribution in [-0.4, -0.2) is 50.7 Å². The third kappa shape index (κ3) is 5.07. The second-order valence-electron chi connectivity index (χ2n) is 4.69. The van der Waals surface area contributed by atoms with Crippen molar-refractivity contribution >= 4 is 17.7 Å². The van der Waals surface area contributed by atoms with Crippen LogP contribution in [0.5, 0.6) is 0 Å². The lowest BCUT2D eigenvalue weighted by atomic mass is 10.2. The molecule has 0 aliphatic carbocycles. The first-order valence-electron chi connectivity index (χ1n) is 6.32. The molecule has 0 fully saturated rings. The van der Waals surface area contributed by atoms with Gasteiger partial charge in [0.05, 0.1) is 24.5 Å². The second-order valence-corrected chi connectivity index (χ2v) is 5.70. The Hall–Kier alpha value is -1.18. The Morgan fingerprint density at radius 1 is 1.35 bits per heavy atom. The van der Waals surface area contributed by atoms with E-state index in [2.05, 4.69) is 9.97 Å². The Morgan fingerprint density at radius 3 is 2.55 bits per heavy atom. The molecule has 1 unspecified atom stereocenters. The third-order valence-electron chi connectivity index (χ3n) is 2.42. The van der Waals surface area contributed by atoms with Crippen molar-refractivity contribution in [2.75, 3.05) is 12.4 Å². The van der Waals surface area contributed by atoms with Gasteiger partial charge in [0.15, 0.2) is 0 Å². The van der Waals surface area contributed by atoms with Crippen LogP contribution < -0.4 is 0 Å². The van der Waals surface area contributed by atoms with Crippen molar-refractivity contribution in [3.63, 3.8) is 0 Å². The van der Waals surface area contributed by atoms with Gasteiger partial charge in [-0.2, -0.15) is 0 Å². The number of aliphatic hydroxyl groups is 1. The fourth-order valence-corrected chi connectivity index (χ4v) is 2.58. The van der Waals surface area contributed by atoms with E-state index in [0.717, 1.165) is 0 Å². The summed E-state index contributed by atoms with van der Waals surface area (Å²) in [6, 6.07) is 0. The van der Waals surface area contributed by atoms with Gasteiger partial charge < -0.3 is 14.9 Å². The van der Waals surface area contributed by atoms with Crippen molar-refractivity contribution in [1.29, 1.82) is 0 Å².